The Bertz CT molecular complexity index is 454. The van der Waals surface area contributed by atoms with E-state index in [2.05, 4.69) is 10.3 Å². The lowest BCUT2D eigenvalue weighted by molar-refractivity contribution is 0.174. The Morgan fingerprint density at radius 3 is 2.93 bits per heavy atom. The molecule has 0 aliphatic carbocycles. The first-order valence-corrected chi connectivity index (χ1v) is 5.06. The van der Waals surface area contributed by atoms with E-state index in [-0.39, 0.29) is 0 Å². The van der Waals surface area contributed by atoms with Crippen molar-refractivity contribution in [3.05, 3.63) is 12.1 Å². The minimum atomic E-state index is 0.311. The van der Waals surface area contributed by atoms with Crippen molar-refractivity contribution < 1.29 is 9.47 Å². The molecule has 0 amide bonds. The summed E-state index contributed by atoms with van der Waals surface area (Å²) in [5.74, 6) is 1.59. The molecule has 0 spiro atoms. The molecule has 1 aliphatic heterocycles. The number of anilines is 1. The highest BCUT2D eigenvalue weighted by Gasteiger charge is 2.15. The Hall–Kier alpha value is -1.49. The van der Waals surface area contributed by atoms with E-state index in [1.807, 2.05) is 19.2 Å². The van der Waals surface area contributed by atoms with E-state index in [1.54, 1.807) is 11.3 Å². The van der Waals surface area contributed by atoms with Gasteiger partial charge in [0.05, 0.1) is 10.2 Å². The van der Waals surface area contributed by atoms with Crippen LogP contribution in [0, 0.1) is 0 Å². The first-order valence-electron chi connectivity index (χ1n) is 4.25. The molecule has 1 N–H and O–H groups in total. The molecule has 0 saturated carbocycles. The summed E-state index contributed by atoms with van der Waals surface area (Å²) in [6, 6.07) is 3.88. The highest BCUT2D eigenvalue weighted by Crippen LogP contribution is 2.38. The highest BCUT2D eigenvalue weighted by molar-refractivity contribution is 7.22. The van der Waals surface area contributed by atoms with Crippen LogP contribution in [0.1, 0.15) is 0 Å². The molecule has 2 aromatic rings. The molecule has 0 unspecified atom stereocenters. The van der Waals surface area contributed by atoms with Crippen LogP contribution >= 0.6 is 11.3 Å². The zero-order chi connectivity index (χ0) is 9.54. The topological polar surface area (TPSA) is 43.4 Å². The Morgan fingerprint density at radius 1 is 1.36 bits per heavy atom. The second-order valence-electron chi connectivity index (χ2n) is 2.94. The van der Waals surface area contributed by atoms with Crippen molar-refractivity contribution in [2.45, 2.75) is 0 Å². The average molecular weight is 208 g/mol. The van der Waals surface area contributed by atoms with Crippen molar-refractivity contribution in [2.75, 3.05) is 19.2 Å². The van der Waals surface area contributed by atoms with Gasteiger partial charge in [0.1, 0.15) is 0 Å². The number of rotatable bonds is 1. The highest BCUT2D eigenvalue weighted by atomic mass is 32.1. The Labute approximate surface area is 84.5 Å². The van der Waals surface area contributed by atoms with Crippen molar-refractivity contribution >= 4 is 26.7 Å². The SMILES string of the molecule is CNc1nc2cc3c(cc2s1)OCO3. The number of thiazole rings is 1. The monoisotopic (exact) mass is 208 g/mol. The van der Waals surface area contributed by atoms with E-state index in [4.69, 9.17) is 9.47 Å². The molecule has 0 saturated heterocycles. The number of ether oxygens (including phenoxy) is 2. The summed E-state index contributed by atoms with van der Waals surface area (Å²) < 4.78 is 11.7. The maximum absolute atomic E-state index is 5.29. The summed E-state index contributed by atoms with van der Waals surface area (Å²) in [5.41, 5.74) is 0.948. The van der Waals surface area contributed by atoms with Crippen molar-refractivity contribution in [2.24, 2.45) is 0 Å². The quantitative estimate of drug-likeness (QED) is 0.779. The van der Waals surface area contributed by atoms with Gasteiger partial charge in [-0.2, -0.15) is 0 Å². The average Bonchev–Trinajstić information content (AvgIpc) is 2.77. The Kier molecular flexibility index (Phi) is 1.55. The van der Waals surface area contributed by atoms with Crippen molar-refractivity contribution in [3.63, 3.8) is 0 Å². The molecule has 1 aromatic carbocycles. The zero-order valence-corrected chi connectivity index (χ0v) is 8.35. The number of hydrogen-bond acceptors (Lipinski definition) is 5. The third-order valence-electron chi connectivity index (χ3n) is 2.10. The van der Waals surface area contributed by atoms with Crippen LogP contribution in [-0.2, 0) is 0 Å². The van der Waals surface area contributed by atoms with Gasteiger partial charge < -0.3 is 14.8 Å². The van der Waals surface area contributed by atoms with Crippen LogP contribution in [0.5, 0.6) is 11.5 Å². The summed E-state index contributed by atoms with van der Waals surface area (Å²) in [5, 5.41) is 3.92. The molecule has 0 bridgehead atoms. The van der Waals surface area contributed by atoms with Gasteiger partial charge >= 0.3 is 0 Å². The molecule has 14 heavy (non-hydrogen) atoms. The second kappa shape index (κ2) is 2.75. The number of benzene rings is 1. The first-order chi connectivity index (χ1) is 6.86. The minimum absolute atomic E-state index is 0.311. The number of hydrogen-bond donors (Lipinski definition) is 1. The molecule has 4 nitrogen and oxygen atoms in total. The van der Waals surface area contributed by atoms with Gasteiger partial charge in [0, 0.05) is 19.2 Å². The van der Waals surface area contributed by atoms with Gasteiger partial charge in [-0.3, -0.25) is 0 Å². The molecule has 0 fully saturated rings. The van der Waals surface area contributed by atoms with Crippen LogP contribution in [0.15, 0.2) is 12.1 Å². The summed E-state index contributed by atoms with van der Waals surface area (Å²) in [6.07, 6.45) is 0. The summed E-state index contributed by atoms with van der Waals surface area (Å²) in [7, 11) is 1.86. The zero-order valence-electron chi connectivity index (χ0n) is 7.53. The van der Waals surface area contributed by atoms with Gasteiger partial charge in [-0.15, -0.1) is 0 Å². The number of aromatic nitrogens is 1. The van der Waals surface area contributed by atoms with Gasteiger partial charge in [-0.05, 0) is 0 Å². The van der Waals surface area contributed by atoms with Crippen LogP contribution < -0.4 is 14.8 Å². The van der Waals surface area contributed by atoms with E-state index in [0.717, 1.165) is 26.8 Å². The number of nitrogens with one attached hydrogen (secondary N) is 1. The fraction of sp³-hybridized carbons (Fsp3) is 0.222. The van der Waals surface area contributed by atoms with Crippen LogP contribution in [0.3, 0.4) is 0 Å². The maximum atomic E-state index is 5.29. The molecule has 3 rings (SSSR count). The van der Waals surface area contributed by atoms with Crippen LogP contribution in [0.4, 0.5) is 5.13 Å². The van der Waals surface area contributed by atoms with Crippen LogP contribution in [-0.4, -0.2) is 18.8 Å². The molecule has 0 radical (unpaired) electrons. The third kappa shape index (κ3) is 1.02. The lowest BCUT2D eigenvalue weighted by Gasteiger charge is -1.93. The summed E-state index contributed by atoms with van der Waals surface area (Å²) >= 11 is 1.61. The van der Waals surface area contributed by atoms with Gasteiger partial charge in [-0.1, -0.05) is 11.3 Å². The molecule has 72 valence electrons. The smallest absolute Gasteiger partial charge is 0.231 e. The number of fused-ring (bicyclic) bond motifs is 2. The van der Waals surface area contributed by atoms with E-state index in [1.165, 1.54) is 0 Å². The molecule has 2 heterocycles. The van der Waals surface area contributed by atoms with E-state index < -0.39 is 0 Å². The molecule has 0 atom stereocenters. The lowest BCUT2D eigenvalue weighted by atomic mass is 10.3. The Morgan fingerprint density at radius 2 is 2.14 bits per heavy atom. The first kappa shape index (κ1) is 7.87. The predicted molar refractivity (Wildman–Crippen MR) is 55.3 cm³/mol. The Balaban J connectivity index is 2.25. The molecular formula is C9H8N2O2S. The van der Waals surface area contributed by atoms with Crippen molar-refractivity contribution in [1.29, 1.82) is 0 Å². The molecule has 1 aromatic heterocycles. The van der Waals surface area contributed by atoms with Gasteiger partial charge in [0.2, 0.25) is 6.79 Å². The fourth-order valence-electron chi connectivity index (χ4n) is 1.43. The standard InChI is InChI=1S/C9H8N2O2S/c1-10-9-11-5-2-6-7(13-4-12-6)3-8(5)14-9/h2-3H,4H2,1H3,(H,10,11). The van der Waals surface area contributed by atoms with Crippen molar-refractivity contribution in [3.8, 4) is 11.5 Å². The predicted octanol–water partition coefficient (Wildman–Crippen LogP) is 2.07. The van der Waals surface area contributed by atoms with Crippen molar-refractivity contribution in [1.82, 2.24) is 4.98 Å². The van der Waals surface area contributed by atoms with Gasteiger partial charge in [-0.25, -0.2) is 4.98 Å². The number of nitrogens with zero attached hydrogens (tertiary/aromatic N) is 1. The van der Waals surface area contributed by atoms with E-state index in [9.17, 15) is 0 Å². The normalized spacial score (nSPS) is 13.5. The lowest BCUT2D eigenvalue weighted by Crippen LogP contribution is -1.92. The van der Waals surface area contributed by atoms with E-state index in [0.29, 0.717) is 6.79 Å². The second-order valence-corrected chi connectivity index (χ2v) is 3.97. The molecule has 5 heteroatoms. The van der Waals surface area contributed by atoms with Gasteiger partial charge in [0.15, 0.2) is 16.6 Å². The molecular weight excluding hydrogens is 200 g/mol. The summed E-state index contributed by atoms with van der Waals surface area (Å²) in [4.78, 5) is 4.38. The minimum Gasteiger partial charge on any atom is -0.454 e. The fourth-order valence-corrected chi connectivity index (χ4v) is 2.25. The van der Waals surface area contributed by atoms with Crippen LogP contribution in [0.2, 0.25) is 0 Å². The van der Waals surface area contributed by atoms with Gasteiger partial charge in [0.25, 0.3) is 0 Å². The van der Waals surface area contributed by atoms with E-state index >= 15 is 0 Å². The largest absolute Gasteiger partial charge is 0.454 e. The molecule has 1 aliphatic rings. The third-order valence-corrected chi connectivity index (χ3v) is 3.13. The summed E-state index contributed by atoms with van der Waals surface area (Å²) in [6.45, 7) is 0.311. The maximum Gasteiger partial charge on any atom is 0.231 e. The van der Waals surface area contributed by atoms with Crippen LogP contribution in [0.25, 0.3) is 10.2 Å².